The van der Waals surface area contributed by atoms with Crippen molar-refractivity contribution in [1.29, 1.82) is 0 Å². The topological polar surface area (TPSA) is 26.3 Å². The minimum atomic E-state index is -0.152. The summed E-state index contributed by atoms with van der Waals surface area (Å²) in [6.07, 6.45) is 3.52. The van der Waals surface area contributed by atoms with Crippen LogP contribution in [0.4, 0.5) is 0 Å². The van der Waals surface area contributed by atoms with E-state index < -0.39 is 0 Å². The number of rotatable bonds is 5. The summed E-state index contributed by atoms with van der Waals surface area (Å²) in [6.45, 7) is 4.11. The molecule has 1 aromatic carbocycles. The molecule has 0 atom stereocenters. The first-order valence-corrected chi connectivity index (χ1v) is 5.56. The zero-order valence-corrected chi connectivity index (χ0v) is 9.45. The molecule has 2 nitrogen and oxygen atoms in total. The zero-order valence-electron chi connectivity index (χ0n) is 9.45. The molecule has 82 valence electrons. The number of hydrogen-bond acceptors (Lipinski definition) is 2. The molecule has 0 aromatic heterocycles. The highest BCUT2D eigenvalue weighted by Gasteiger charge is 2.02. The molecule has 0 radical (unpaired) electrons. The molecule has 2 heteroatoms. The Morgan fingerprint density at radius 2 is 1.80 bits per heavy atom. The first-order chi connectivity index (χ1) is 7.26. The van der Waals surface area contributed by atoms with E-state index in [1.807, 2.05) is 31.2 Å². The molecular formula is C13H18O2. The number of ether oxygens (including phenoxy) is 1. The monoisotopic (exact) mass is 206 g/mol. The number of carbonyl (C=O) groups is 1. The molecule has 0 heterocycles. The lowest BCUT2D eigenvalue weighted by molar-refractivity contribution is -0.134. The molecule has 0 aliphatic carbocycles. The maximum Gasteiger partial charge on any atom is 0.311 e. The van der Waals surface area contributed by atoms with Crippen LogP contribution in [0.3, 0.4) is 0 Å². The number of carbonyl (C=O) groups excluding carboxylic acids is 1. The van der Waals surface area contributed by atoms with Crippen molar-refractivity contribution in [2.45, 2.75) is 39.5 Å². The second kappa shape index (κ2) is 6.23. The van der Waals surface area contributed by atoms with Crippen molar-refractivity contribution in [3.05, 3.63) is 29.8 Å². The smallest absolute Gasteiger partial charge is 0.311 e. The van der Waals surface area contributed by atoms with Crippen LogP contribution in [-0.2, 0) is 11.2 Å². The Kier molecular flexibility index (Phi) is 4.88. The van der Waals surface area contributed by atoms with Crippen molar-refractivity contribution in [3.63, 3.8) is 0 Å². The van der Waals surface area contributed by atoms with Gasteiger partial charge in [-0.1, -0.05) is 32.4 Å². The van der Waals surface area contributed by atoms with E-state index >= 15 is 0 Å². The molecule has 1 aromatic rings. The molecule has 0 aliphatic rings. The average Bonchev–Trinajstić information content (AvgIpc) is 2.22. The lowest BCUT2D eigenvalue weighted by atomic mass is 10.1. The molecule has 0 N–H and O–H groups in total. The molecule has 0 unspecified atom stereocenters. The van der Waals surface area contributed by atoms with E-state index in [1.54, 1.807) is 0 Å². The van der Waals surface area contributed by atoms with E-state index in [2.05, 4.69) is 6.92 Å². The van der Waals surface area contributed by atoms with Crippen molar-refractivity contribution in [2.75, 3.05) is 0 Å². The molecule has 0 saturated carbocycles. The third kappa shape index (κ3) is 4.15. The molecule has 0 spiro atoms. The highest BCUT2D eigenvalue weighted by atomic mass is 16.5. The number of esters is 1. The summed E-state index contributed by atoms with van der Waals surface area (Å²) in [5.41, 5.74) is 1.28. The van der Waals surface area contributed by atoms with Gasteiger partial charge in [0.15, 0.2) is 0 Å². The fourth-order valence-corrected chi connectivity index (χ4v) is 1.40. The van der Waals surface area contributed by atoms with Crippen molar-refractivity contribution in [1.82, 2.24) is 0 Å². The average molecular weight is 206 g/mol. The van der Waals surface area contributed by atoms with Crippen LogP contribution >= 0.6 is 0 Å². The largest absolute Gasteiger partial charge is 0.427 e. The Morgan fingerprint density at radius 3 is 2.33 bits per heavy atom. The summed E-state index contributed by atoms with van der Waals surface area (Å²) in [5, 5.41) is 0. The first kappa shape index (κ1) is 11.8. The molecule has 0 fully saturated rings. The van der Waals surface area contributed by atoms with Crippen molar-refractivity contribution in [3.8, 4) is 5.75 Å². The quantitative estimate of drug-likeness (QED) is 0.545. The van der Waals surface area contributed by atoms with E-state index in [9.17, 15) is 4.79 Å². The van der Waals surface area contributed by atoms with E-state index in [1.165, 1.54) is 5.56 Å². The summed E-state index contributed by atoms with van der Waals surface area (Å²) in [7, 11) is 0. The molecule has 0 aliphatic heterocycles. The van der Waals surface area contributed by atoms with Crippen LogP contribution in [0.5, 0.6) is 5.75 Å². The van der Waals surface area contributed by atoms with Gasteiger partial charge in [0.1, 0.15) is 5.75 Å². The summed E-state index contributed by atoms with van der Waals surface area (Å²) in [5.74, 6) is 0.494. The van der Waals surface area contributed by atoms with Gasteiger partial charge >= 0.3 is 5.97 Å². The van der Waals surface area contributed by atoms with Crippen LogP contribution < -0.4 is 4.74 Å². The lowest BCUT2D eigenvalue weighted by Crippen LogP contribution is -2.06. The lowest BCUT2D eigenvalue weighted by Gasteiger charge is -2.04. The van der Waals surface area contributed by atoms with E-state index in [-0.39, 0.29) is 5.97 Å². The third-order valence-corrected chi connectivity index (χ3v) is 2.15. The van der Waals surface area contributed by atoms with Crippen molar-refractivity contribution < 1.29 is 9.53 Å². The van der Waals surface area contributed by atoms with Gasteiger partial charge < -0.3 is 4.74 Å². The molecular weight excluding hydrogens is 188 g/mol. The number of benzene rings is 1. The van der Waals surface area contributed by atoms with Gasteiger partial charge in [-0.25, -0.2) is 0 Å². The predicted molar refractivity (Wildman–Crippen MR) is 61.0 cm³/mol. The SMILES string of the molecule is CCCC(=O)Oc1ccc(CCC)cc1. The maximum absolute atomic E-state index is 11.2. The molecule has 0 amide bonds. The van der Waals surface area contributed by atoms with Gasteiger partial charge in [-0.05, 0) is 30.5 Å². The Morgan fingerprint density at radius 1 is 1.13 bits per heavy atom. The van der Waals surface area contributed by atoms with Crippen LogP contribution in [-0.4, -0.2) is 5.97 Å². The number of hydrogen-bond donors (Lipinski definition) is 0. The van der Waals surface area contributed by atoms with E-state index in [0.29, 0.717) is 12.2 Å². The normalized spacial score (nSPS) is 10.0. The molecule has 0 saturated heterocycles. The van der Waals surface area contributed by atoms with Gasteiger partial charge in [0.25, 0.3) is 0 Å². The summed E-state index contributed by atoms with van der Waals surface area (Å²) >= 11 is 0. The number of aryl methyl sites for hydroxylation is 1. The fourth-order valence-electron chi connectivity index (χ4n) is 1.40. The van der Waals surface area contributed by atoms with Gasteiger partial charge in [0, 0.05) is 6.42 Å². The van der Waals surface area contributed by atoms with Crippen LogP contribution in [0.1, 0.15) is 38.7 Å². The van der Waals surface area contributed by atoms with Crippen LogP contribution in [0.25, 0.3) is 0 Å². The fraction of sp³-hybridized carbons (Fsp3) is 0.462. The minimum Gasteiger partial charge on any atom is -0.427 e. The molecule has 0 bridgehead atoms. The summed E-state index contributed by atoms with van der Waals surface area (Å²) in [4.78, 5) is 11.2. The van der Waals surface area contributed by atoms with Crippen LogP contribution in [0, 0.1) is 0 Å². The van der Waals surface area contributed by atoms with Crippen molar-refractivity contribution in [2.24, 2.45) is 0 Å². The van der Waals surface area contributed by atoms with Crippen molar-refractivity contribution >= 4 is 5.97 Å². The second-order valence-corrected chi connectivity index (χ2v) is 3.62. The zero-order chi connectivity index (χ0) is 11.1. The highest BCUT2D eigenvalue weighted by Crippen LogP contribution is 2.14. The summed E-state index contributed by atoms with van der Waals surface area (Å²) < 4.78 is 5.15. The van der Waals surface area contributed by atoms with Crippen LogP contribution in [0.15, 0.2) is 24.3 Å². The Hall–Kier alpha value is -1.31. The van der Waals surface area contributed by atoms with Crippen LogP contribution in [0.2, 0.25) is 0 Å². The van der Waals surface area contributed by atoms with Gasteiger partial charge in [-0.3, -0.25) is 4.79 Å². The van der Waals surface area contributed by atoms with Gasteiger partial charge in [-0.2, -0.15) is 0 Å². The van der Waals surface area contributed by atoms with E-state index in [4.69, 9.17) is 4.74 Å². The standard InChI is InChI=1S/C13H18O2/c1-3-5-11-7-9-12(10-8-11)15-13(14)6-4-2/h7-10H,3-6H2,1-2H3. The van der Waals surface area contributed by atoms with Gasteiger partial charge in [0.05, 0.1) is 0 Å². The maximum atomic E-state index is 11.2. The third-order valence-electron chi connectivity index (χ3n) is 2.15. The molecule has 1 rings (SSSR count). The van der Waals surface area contributed by atoms with Gasteiger partial charge in [0.2, 0.25) is 0 Å². The Labute approximate surface area is 91.3 Å². The minimum absolute atomic E-state index is 0.152. The van der Waals surface area contributed by atoms with E-state index in [0.717, 1.165) is 19.3 Å². The Bertz CT molecular complexity index is 301. The summed E-state index contributed by atoms with van der Waals surface area (Å²) in [6, 6.07) is 7.74. The second-order valence-electron chi connectivity index (χ2n) is 3.62. The first-order valence-electron chi connectivity index (χ1n) is 5.56. The Balaban J connectivity index is 2.52. The predicted octanol–water partition coefficient (Wildman–Crippen LogP) is 3.34. The highest BCUT2D eigenvalue weighted by molar-refractivity contribution is 5.72. The molecule has 15 heavy (non-hydrogen) atoms. The van der Waals surface area contributed by atoms with Gasteiger partial charge in [-0.15, -0.1) is 0 Å².